The molecule has 0 spiro atoms. The third-order valence-electron chi connectivity index (χ3n) is 3.47. The molecule has 2 aromatic heterocycles. The van der Waals surface area contributed by atoms with Gasteiger partial charge in [-0.3, -0.25) is 4.79 Å². The number of fused-ring (bicyclic) bond motifs is 1. The predicted molar refractivity (Wildman–Crippen MR) is 78.1 cm³/mol. The van der Waals surface area contributed by atoms with Crippen molar-refractivity contribution in [1.29, 1.82) is 0 Å². The van der Waals surface area contributed by atoms with Gasteiger partial charge in [-0.1, -0.05) is 12.1 Å². The van der Waals surface area contributed by atoms with Crippen molar-refractivity contribution in [3.05, 3.63) is 63.8 Å². The molecule has 0 atom stereocenters. The Kier molecular flexibility index (Phi) is 4.09. The van der Waals surface area contributed by atoms with Crippen molar-refractivity contribution < 1.29 is 17.4 Å². The van der Waals surface area contributed by atoms with Crippen molar-refractivity contribution in [2.45, 2.75) is 20.8 Å². The average Bonchev–Trinajstić information content (AvgIpc) is 2.42. The number of aromatic nitrogens is 3. The van der Waals surface area contributed by atoms with E-state index in [1.165, 1.54) is 0 Å². The second-order valence-corrected chi connectivity index (χ2v) is 5.02. The molecule has 0 radical (unpaired) electrons. The molecule has 0 aliphatic rings. The highest BCUT2D eigenvalue weighted by molar-refractivity contribution is 5.70. The summed E-state index contributed by atoms with van der Waals surface area (Å²) in [6.07, 6.45) is 1.77. The zero-order chi connectivity index (χ0) is 14.3. The number of hydrogen-bond acceptors (Lipinski definition) is 2. The summed E-state index contributed by atoms with van der Waals surface area (Å²) < 4.78 is 1.68. The maximum atomic E-state index is 12.7. The molecular formula is C16H16ClN3O. The summed E-state index contributed by atoms with van der Waals surface area (Å²) >= 11 is 0. The Morgan fingerprint density at radius 1 is 1.14 bits per heavy atom. The number of halogens is 1. The first kappa shape index (κ1) is 15.2. The third kappa shape index (κ3) is 2.54. The van der Waals surface area contributed by atoms with Gasteiger partial charge in [-0.05, 0) is 48.2 Å². The molecule has 1 aromatic carbocycles. The molecule has 0 aliphatic carbocycles. The Morgan fingerprint density at radius 2 is 1.90 bits per heavy atom. The molecule has 1 N–H and O–H groups in total. The van der Waals surface area contributed by atoms with Crippen LogP contribution in [0.3, 0.4) is 0 Å². The number of rotatable bonds is 1. The first-order chi connectivity index (χ1) is 9.58. The topological polar surface area (TPSA) is 49.0 Å². The minimum absolute atomic E-state index is 0. The zero-order valence-electron chi connectivity index (χ0n) is 12.1. The van der Waals surface area contributed by atoms with Crippen LogP contribution in [-0.2, 0) is 0 Å². The van der Waals surface area contributed by atoms with E-state index in [1.807, 2.05) is 45.0 Å². The van der Waals surface area contributed by atoms with Crippen LogP contribution in [0.15, 0.2) is 41.3 Å². The fourth-order valence-electron chi connectivity index (χ4n) is 2.42. The van der Waals surface area contributed by atoms with Gasteiger partial charge in [0.05, 0.1) is 11.9 Å². The highest BCUT2D eigenvalue weighted by Gasteiger charge is 2.17. The van der Waals surface area contributed by atoms with Gasteiger partial charge in [-0.2, -0.15) is 0 Å². The van der Waals surface area contributed by atoms with E-state index in [9.17, 15) is 4.79 Å². The smallest absolute Gasteiger partial charge is 0.335 e. The monoisotopic (exact) mass is 301 g/mol. The van der Waals surface area contributed by atoms with E-state index >= 15 is 0 Å². The lowest BCUT2D eigenvalue weighted by Crippen LogP contribution is -3.00. The van der Waals surface area contributed by atoms with E-state index in [0.29, 0.717) is 16.9 Å². The van der Waals surface area contributed by atoms with Crippen LogP contribution in [0, 0.1) is 20.8 Å². The van der Waals surface area contributed by atoms with Gasteiger partial charge in [0.1, 0.15) is 5.39 Å². The van der Waals surface area contributed by atoms with Crippen LogP contribution in [-0.4, -0.2) is 9.55 Å². The van der Waals surface area contributed by atoms with Gasteiger partial charge in [-0.25, -0.2) is 9.55 Å². The van der Waals surface area contributed by atoms with Crippen molar-refractivity contribution in [1.82, 2.24) is 9.55 Å². The summed E-state index contributed by atoms with van der Waals surface area (Å²) in [5, 5.41) is 0.596. The molecule has 0 aliphatic heterocycles. The van der Waals surface area contributed by atoms with Crippen LogP contribution >= 0.6 is 0 Å². The van der Waals surface area contributed by atoms with Gasteiger partial charge in [0.15, 0.2) is 0 Å². The van der Waals surface area contributed by atoms with E-state index in [2.05, 4.69) is 9.97 Å². The maximum absolute atomic E-state index is 12.7. The molecule has 4 nitrogen and oxygen atoms in total. The second kappa shape index (κ2) is 5.66. The van der Waals surface area contributed by atoms with Crippen molar-refractivity contribution in [2.24, 2.45) is 0 Å². The fraction of sp³-hybridized carbons (Fsp3) is 0.188. The van der Waals surface area contributed by atoms with Gasteiger partial charge in [-0.15, -0.1) is 0 Å². The largest absolute Gasteiger partial charge is 1.00 e. The van der Waals surface area contributed by atoms with Gasteiger partial charge < -0.3 is 12.4 Å². The summed E-state index contributed by atoms with van der Waals surface area (Å²) in [7, 11) is 0. The Labute approximate surface area is 128 Å². The summed E-state index contributed by atoms with van der Waals surface area (Å²) in [5.74, 6) is 0.679. The van der Waals surface area contributed by atoms with Crippen molar-refractivity contribution in [3.63, 3.8) is 0 Å². The van der Waals surface area contributed by atoms with Gasteiger partial charge in [0, 0.05) is 6.92 Å². The number of benzene rings is 1. The SMILES string of the molecule is Cc1ccc(C)c(-n2c(C)nc3[nH+]cccc3c2=O)c1.[Cl-]. The van der Waals surface area contributed by atoms with Crippen LogP contribution < -0.4 is 23.0 Å². The number of hydrogen-bond donors (Lipinski definition) is 0. The van der Waals surface area contributed by atoms with Gasteiger partial charge in [0.2, 0.25) is 5.82 Å². The third-order valence-corrected chi connectivity index (χ3v) is 3.47. The van der Waals surface area contributed by atoms with Crippen LogP contribution in [0.4, 0.5) is 0 Å². The number of H-pyrrole nitrogens is 1. The molecule has 2 heterocycles. The van der Waals surface area contributed by atoms with Gasteiger partial charge in [0.25, 0.3) is 5.56 Å². The molecule has 108 valence electrons. The molecule has 0 bridgehead atoms. The molecule has 0 saturated heterocycles. The fourth-order valence-corrected chi connectivity index (χ4v) is 2.42. The van der Waals surface area contributed by atoms with Crippen molar-refractivity contribution in [3.8, 4) is 5.69 Å². The highest BCUT2D eigenvalue weighted by atomic mass is 35.5. The summed E-state index contributed by atoms with van der Waals surface area (Å²) in [4.78, 5) is 20.2. The normalized spacial score (nSPS) is 10.4. The van der Waals surface area contributed by atoms with E-state index in [-0.39, 0.29) is 18.0 Å². The number of nitrogens with one attached hydrogen (secondary N) is 1. The molecule has 0 saturated carbocycles. The summed E-state index contributed by atoms with van der Waals surface area (Å²) in [6, 6.07) is 9.69. The molecule has 3 aromatic rings. The Hall–Kier alpha value is -2.20. The van der Waals surface area contributed by atoms with E-state index in [0.717, 1.165) is 16.8 Å². The van der Waals surface area contributed by atoms with Crippen LogP contribution in [0.2, 0.25) is 0 Å². The molecule has 0 amide bonds. The molecule has 0 fully saturated rings. The molecular weight excluding hydrogens is 286 g/mol. The Bertz CT molecular complexity index is 871. The number of pyridine rings is 1. The van der Waals surface area contributed by atoms with Crippen LogP contribution in [0.25, 0.3) is 16.7 Å². The molecule has 0 unspecified atom stereocenters. The lowest BCUT2D eigenvalue weighted by Gasteiger charge is -2.10. The maximum Gasteiger partial charge on any atom is 0.335 e. The molecule has 21 heavy (non-hydrogen) atoms. The summed E-state index contributed by atoms with van der Waals surface area (Å²) in [6.45, 7) is 5.87. The average molecular weight is 302 g/mol. The Balaban J connectivity index is 0.00000161. The van der Waals surface area contributed by atoms with Crippen LogP contribution in [0.1, 0.15) is 17.0 Å². The molecule has 5 heteroatoms. The first-order valence-corrected chi connectivity index (χ1v) is 6.55. The molecule has 3 rings (SSSR count). The van der Waals surface area contributed by atoms with E-state index in [4.69, 9.17) is 0 Å². The van der Waals surface area contributed by atoms with E-state index in [1.54, 1.807) is 16.8 Å². The minimum Gasteiger partial charge on any atom is -1.00 e. The Morgan fingerprint density at radius 3 is 2.67 bits per heavy atom. The minimum atomic E-state index is -0.0435. The van der Waals surface area contributed by atoms with Crippen LogP contribution in [0.5, 0.6) is 0 Å². The number of aryl methyl sites for hydroxylation is 3. The highest BCUT2D eigenvalue weighted by Crippen LogP contribution is 2.16. The number of nitrogens with zero attached hydrogens (tertiary/aromatic N) is 2. The summed E-state index contributed by atoms with van der Waals surface area (Å²) in [5.41, 5.74) is 3.65. The quantitative estimate of drug-likeness (QED) is 0.587. The van der Waals surface area contributed by atoms with Crippen molar-refractivity contribution >= 4 is 11.0 Å². The lowest BCUT2D eigenvalue weighted by molar-refractivity contribution is -0.347. The second-order valence-electron chi connectivity index (χ2n) is 5.02. The zero-order valence-corrected chi connectivity index (χ0v) is 12.9. The number of aromatic amines is 1. The van der Waals surface area contributed by atoms with E-state index < -0.39 is 0 Å². The van der Waals surface area contributed by atoms with Crippen molar-refractivity contribution in [2.75, 3.05) is 0 Å². The lowest BCUT2D eigenvalue weighted by atomic mass is 10.1. The predicted octanol–water partition coefficient (Wildman–Crippen LogP) is -0.871. The first-order valence-electron chi connectivity index (χ1n) is 6.55. The standard InChI is InChI=1S/C16H15N3O.ClH/c1-10-6-7-11(2)14(9-10)19-12(3)18-15-13(16(19)20)5-4-8-17-15;/h4-9H,1-3H3;1H. The van der Waals surface area contributed by atoms with Gasteiger partial charge >= 0.3 is 5.65 Å².